The van der Waals surface area contributed by atoms with Gasteiger partial charge in [-0.25, -0.2) is 8.78 Å². The second-order valence-corrected chi connectivity index (χ2v) is 4.72. The maximum Gasteiger partial charge on any atom is 0.248 e. The Balaban J connectivity index is 2.04. The summed E-state index contributed by atoms with van der Waals surface area (Å²) in [5, 5.41) is 3.14. The van der Waals surface area contributed by atoms with Crippen molar-refractivity contribution in [3.05, 3.63) is 0 Å². The zero-order chi connectivity index (χ0) is 11.1. The average Bonchev–Trinajstić information content (AvgIpc) is 2.92. The van der Waals surface area contributed by atoms with Crippen LogP contribution in [0.5, 0.6) is 0 Å². The molecule has 86 valence electrons. The molecular weight excluding hydrogens is 202 g/mol. The van der Waals surface area contributed by atoms with Crippen molar-refractivity contribution in [3.8, 4) is 0 Å². The molecule has 0 radical (unpaired) electrons. The molecule has 0 heterocycles. The van der Waals surface area contributed by atoms with Crippen molar-refractivity contribution in [2.75, 3.05) is 0 Å². The zero-order valence-electron chi connectivity index (χ0n) is 8.56. The fraction of sp³-hybridized carbons (Fsp3) is 0.900. The summed E-state index contributed by atoms with van der Waals surface area (Å²) >= 11 is 0. The molecule has 0 saturated heterocycles. The van der Waals surface area contributed by atoms with E-state index in [9.17, 15) is 13.6 Å². The third-order valence-corrected chi connectivity index (χ3v) is 3.36. The highest BCUT2D eigenvalue weighted by molar-refractivity contribution is 5.84. The predicted octanol–water partition coefficient (Wildman–Crippen LogP) is 1.17. The summed E-state index contributed by atoms with van der Waals surface area (Å²) < 4.78 is 26.0. The van der Waals surface area contributed by atoms with Crippen molar-refractivity contribution in [3.63, 3.8) is 0 Å². The Kier molecular flexibility index (Phi) is 2.45. The predicted molar refractivity (Wildman–Crippen MR) is 51.5 cm³/mol. The highest BCUT2D eigenvalue weighted by Crippen LogP contribution is 2.40. The van der Waals surface area contributed by atoms with Gasteiger partial charge < -0.3 is 11.1 Å². The number of nitrogens with two attached hydrogens (primary N) is 1. The molecule has 0 bridgehead atoms. The van der Waals surface area contributed by atoms with Crippen LogP contribution < -0.4 is 11.1 Å². The highest BCUT2D eigenvalue weighted by Gasteiger charge is 2.48. The van der Waals surface area contributed by atoms with Crippen molar-refractivity contribution in [1.29, 1.82) is 0 Å². The van der Waals surface area contributed by atoms with Gasteiger partial charge in [-0.1, -0.05) is 0 Å². The number of carbonyl (C=O) groups excluding carboxylic acids is 1. The third-order valence-electron chi connectivity index (χ3n) is 3.36. The number of hydrogen-bond acceptors (Lipinski definition) is 2. The molecule has 2 rings (SSSR count). The minimum atomic E-state index is -2.62. The number of nitrogens with one attached hydrogen (secondary N) is 1. The van der Waals surface area contributed by atoms with E-state index in [2.05, 4.69) is 5.32 Å². The second-order valence-electron chi connectivity index (χ2n) is 4.72. The maximum atomic E-state index is 13.0. The first-order chi connectivity index (χ1) is 6.94. The Morgan fingerprint density at radius 2 is 1.73 bits per heavy atom. The SMILES string of the molecule is NC(=O)C1(NC2CC2)CCC(F)(F)CC1. The van der Waals surface area contributed by atoms with E-state index in [-0.39, 0.29) is 25.7 Å². The number of halogens is 2. The van der Waals surface area contributed by atoms with E-state index in [1.807, 2.05) is 0 Å². The number of hydrogen-bond donors (Lipinski definition) is 2. The number of amides is 1. The Morgan fingerprint density at radius 1 is 1.20 bits per heavy atom. The van der Waals surface area contributed by atoms with Crippen LogP contribution in [0.2, 0.25) is 0 Å². The summed E-state index contributed by atoms with van der Waals surface area (Å²) in [6.07, 6.45) is 1.87. The third kappa shape index (κ3) is 2.27. The van der Waals surface area contributed by atoms with Gasteiger partial charge in [0.15, 0.2) is 0 Å². The minimum Gasteiger partial charge on any atom is -0.368 e. The van der Waals surface area contributed by atoms with Gasteiger partial charge in [0.05, 0.1) is 5.54 Å². The van der Waals surface area contributed by atoms with Gasteiger partial charge >= 0.3 is 0 Å². The van der Waals surface area contributed by atoms with Crippen LogP contribution in [-0.4, -0.2) is 23.4 Å². The molecule has 5 heteroatoms. The molecule has 15 heavy (non-hydrogen) atoms. The minimum absolute atomic E-state index is 0.159. The summed E-state index contributed by atoms with van der Waals surface area (Å²) in [7, 11) is 0. The smallest absolute Gasteiger partial charge is 0.248 e. The Morgan fingerprint density at radius 3 is 2.13 bits per heavy atom. The van der Waals surface area contributed by atoms with Gasteiger partial charge in [0.25, 0.3) is 0 Å². The lowest BCUT2D eigenvalue weighted by molar-refractivity contribution is -0.130. The zero-order valence-corrected chi connectivity index (χ0v) is 8.56. The van der Waals surface area contributed by atoms with Gasteiger partial charge in [-0.15, -0.1) is 0 Å². The molecule has 3 N–H and O–H groups in total. The molecule has 2 fully saturated rings. The molecule has 2 aliphatic rings. The van der Waals surface area contributed by atoms with Crippen LogP contribution in [0.15, 0.2) is 0 Å². The van der Waals surface area contributed by atoms with Crippen molar-refractivity contribution in [2.45, 2.75) is 56.0 Å². The van der Waals surface area contributed by atoms with Crippen LogP contribution in [0, 0.1) is 0 Å². The van der Waals surface area contributed by atoms with Crippen LogP contribution in [0.1, 0.15) is 38.5 Å². The van der Waals surface area contributed by atoms with Gasteiger partial charge in [0, 0.05) is 18.9 Å². The van der Waals surface area contributed by atoms with Crippen molar-refractivity contribution in [1.82, 2.24) is 5.32 Å². The summed E-state index contributed by atoms with van der Waals surface area (Å²) in [6.45, 7) is 0. The maximum absolute atomic E-state index is 13.0. The van der Waals surface area contributed by atoms with Crippen LogP contribution in [0.25, 0.3) is 0 Å². The first-order valence-electron chi connectivity index (χ1n) is 5.39. The van der Waals surface area contributed by atoms with Gasteiger partial charge in [0.2, 0.25) is 11.8 Å². The molecule has 0 aromatic carbocycles. The van der Waals surface area contributed by atoms with E-state index in [0.717, 1.165) is 12.8 Å². The first-order valence-corrected chi connectivity index (χ1v) is 5.39. The second kappa shape index (κ2) is 3.40. The average molecular weight is 218 g/mol. The van der Waals surface area contributed by atoms with Crippen LogP contribution in [0.3, 0.4) is 0 Å². The lowest BCUT2D eigenvalue weighted by Crippen LogP contribution is -2.59. The topological polar surface area (TPSA) is 55.1 Å². The molecule has 3 nitrogen and oxygen atoms in total. The van der Waals surface area contributed by atoms with Gasteiger partial charge in [-0.3, -0.25) is 4.79 Å². The van der Waals surface area contributed by atoms with E-state index in [4.69, 9.17) is 5.73 Å². The van der Waals surface area contributed by atoms with E-state index in [1.54, 1.807) is 0 Å². The number of carbonyl (C=O) groups is 1. The van der Waals surface area contributed by atoms with Crippen molar-refractivity contribution in [2.24, 2.45) is 5.73 Å². The summed E-state index contributed by atoms with van der Waals surface area (Å²) in [4.78, 5) is 11.4. The van der Waals surface area contributed by atoms with Crippen molar-refractivity contribution >= 4 is 5.91 Å². The van der Waals surface area contributed by atoms with E-state index in [1.165, 1.54) is 0 Å². The lowest BCUT2D eigenvalue weighted by Gasteiger charge is -2.38. The van der Waals surface area contributed by atoms with Crippen LogP contribution in [-0.2, 0) is 4.79 Å². The largest absolute Gasteiger partial charge is 0.368 e. The molecule has 0 unspecified atom stereocenters. The number of alkyl halides is 2. The quantitative estimate of drug-likeness (QED) is 0.747. The molecule has 0 aliphatic heterocycles. The molecular formula is C10H16F2N2O. The summed E-state index contributed by atoms with van der Waals surface area (Å²) in [5.41, 5.74) is 4.45. The van der Waals surface area contributed by atoms with Crippen LogP contribution in [0.4, 0.5) is 8.78 Å². The normalized spacial score (nSPS) is 28.7. The van der Waals surface area contributed by atoms with Gasteiger partial charge in [0.1, 0.15) is 0 Å². The Hall–Kier alpha value is -0.710. The molecule has 0 spiro atoms. The van der Waals surface area contributed by atoms with Crippen molar-refractivity contribution < 1.29 is 13.6 Å². The fourth-order valence-electron chi connectivity index (χ4n) is 2.12. The highest BCUT2D eigenvalue weighted by atomic mass is 19.3. The molecule has 0 atom stereocenters. The monoisotopic (exact) mass is 218 g/mol. The molecule has 2 aliphatic carbocycles. The summed E-state index contributed by atoms with van der Waals surface area (Å²) in [5.74, 6) is -3.10. The Labute approximate surface area is 87.4 Å². The first kappa shape index (κ1) is 10.8. The van der Waals surface area contributed by atoms with E-state index < -0.39 is 17.4 Å². The molecule has 0 aromatic heterocycles. The Bertz CT molecular complexity index is 267. The fourth-order valence-corrected chi connectivity index (χ4v) is 2.12. The number of primary amides is 1. The molecule has 2 saturated carbocycles. The standard InChI is InChI=1S/C10H16F2N2O/c11-10(12)5-3-9(4-6-10,8(13)15)14-7-1-2-7/h7,14H,1-6H2,(H2,13,15). The van der Waals surface area contributed by atoms with E-state index in [0.29, 0.717) is 6.04 Å². The molecule has 0 aromatic rings. The lowest BCUT2D eigenvalue weighted by atomic mass is 9.79. The molecule has 1 amide bonds. The van der Waals surface area contributed by atoms with Gasteiger partial charge in [-0.05, 0) is 25.7 Å². The summed E-state index contributed by atoms with van der Waals surface area (Å²) in [6, 6.07) is 0.309. The van der Waals surface area contributed by atoms with E-state index >= 15 is 0 Å². The van der Waals surface area contributed by atoms with Crippen LogP contribution >= 0.6 is 0 Å². The number of rotatable bonds is 3. The van der Waals surface area contributed by atoms with Gasteiger partial charge in [-0.2, -0.15) is 0 Å².